The molecule has 3 rings (SSSR count). The van der Waals surface area contributed by atoms with E-state index in [1.807, 2.05) is 43.3 Å². The van der Waals surface area contributed by atoms with Gasteiger partial charge in [-0.15, -0.1) is 0 Å². The molecule has 4 nitrogen and oxygen atoms in total. The van der Waals surface area contributed by atoms with E-state index in [2.05, 4.69) is 16.0 Å². The Morgan fingerprint density at radius 2 is 1.96 bits per heavy atom. The van der Waals surface area contributed by atoms with Crippen molar-refractivity contribution in [3.8, 4) is 11.6 Å². The van der Waals surface area contributed by atoms with Crippen molar-refractivity contribution in [2.75, 3.05) is 13.7 Å². The molecule has 0 radical (unpaired) electrons. The first-order valence-corrected chi connectivity index (χ1v) is 7.61. The Morgan fingerprint density at radius 1 is 1.17 bits per heavy atom. The summed E-state index contributed by atoms with van der Waals surface area (Å²) in [7, 11) is 1.66. The van der Waals surface area contributed by atoms with Crippen molar-refractivity contribution in [3.05, 3.63) is 59.2 Å². The van der Waals surface area contributed by atoms with Gasteiger partial charge in [-0.3, -0.25) is 4.99 Å². The molecule has 1 aromatic heterocycles. The summed E-state index contributed by atoms with van der Waals surface area (Å²) in [5.74, 6) is 1.02. The number of benzene rings is 2. The molecule has 0 saturated heterocycles. The summed E-state index contributed by atoms with van der Waals surface area (Å²) < 4.78 is 5.15. The van der Waals surface area contributed by atoms with Crippen LogP contribution in [-0.4, -0.2) is 30.0 Å². The van der Waals surface area contributed by atoms with E-state index < -0.39 is 0 Å². The second-order valence-electron chi connectivity index (χ2n) is 5.57. The van der Waals surface area contributed by atoms with Gasteiger partial charge in [0.15, 0.2) is 5.88 Å². The Kier molecular flexibility index (Phi) is 4.33. The molecule has 2 N–H and O–H groups in total. The third kappa shape index (κ3) is 3.37. The van der Waals surface area contributed by atoms with E-state index in [1.54, 1.807) is 13.3 Å². The van der Waals surface area contributed by atoms with E-state index in [0.29, 0.717) is 6.54 Å². The van der Waals surface area contributed by atoms with Crippen LogP contribution in [0.2, 0.25) is 0 Å². The highest BCUT2D eigenvalue weighted by Crippen LogP contribution is 2.26. The van der Waals surface area contributed by atoms with Gasteiger partial charge in [0.1, 0.15) is 5.75 Å². The van der Waals surface area contributed by atoms with Gasteiger partial charge >= 0.3 is 0 Å². The molecule has 0 aliphatic heterocycles. The van der Waals surface area contributed by atoms with Crippen molar-refractivity contribution >= 4 is 17.1 Å². The predicted octanol–water partition coefficient (Wildman–Crippen LogP) is 3.85. The fourth-order valence-electron chi connectivity index (χ4n) is 2.58. The summed E-state index contributed by atoms with van der Waals surface area (Å²) >= 11 is 0. The van der Waals surface area contributed by atoms with Crippen LogP contribution in [0.1, 0.15) is 16.7 Å². The Balaban J connectivity index is 1.70. The van der Waals surface area contributed by atoms with Crippen LogP contribution in [0.15, 0.2) is 47.5 Å². The minimum absolute atomic E-state index is 0.166. The summed E-state index contributed by atoms with van der Waals surface area (Å²) in [6, 6.07) is 14.0. The Morgan fingerprint density at radius 3 is 2.70 bits per heavy atom. The van der Waals surface area contributed by atoms with E-state index in [9.17, 15) is 5.11 Å². The second kappa shape index (κ2) is 6.57. The highest BCUT2D eigenvalue weighted by Gasteiger charge is 2.08. The van der Waals surface area contributed by atoms with Gasteiger partial charge in [0, 0.05) is 23.7 Å². The zero-order chi connectivity index (χ0) is 16.2. The molecule has 0 atom stereocenters. The van der Waals surface area contributed by atoms with E-state index in [0.717, 1.165) is 34.2 Å². The molecule has 1 heterocycles. The quantitative estimate of drug-likeness (QED) is 0.703. The number of hydrogen-bond acceptors (Lipinski definition) is 3. The largest absolute Gasteiger partial charge is 0.497 e. The molecule has 0 unspecified atom stereocenters. The van der Waals surface area contributed by atoms with Gasteiger partial charge in [-0.1, -0.05) is 23.8 Å². The number of ether oxygens (including phenoxy) is 1. The first kappa shape index (κ1) is 15.2. The third-order valence-corrected chi connectivity index (χ3v) is 3.88. The lowest BCUT2D eigenvalue weighted by Crippen LogP contribution is -1.91. The van der Waals surface area contributed by atoms with Crippen LogP contribution in [-0.2, 0) is 6.42 Å². The van der Waals surface area contributed by atoms with E-state index in [1.165, 1.54) is 5.56 Å². The van der Waals surface area contributed by atoms with E-state index >= 15 is 0 Å². The van der Waals surface area contributed by atoms with Gasteiger partial charge < -0.3 is 14.8 Å². The summed E-state index contributed by atoms with van der Waals surface area (Å²) in [4.78, 5) is 7.43. The molecule has 0 aliphatic carbocycles. The first-order chi connectivity index (χ1) is 11.2. The van der Waals surface area contributed by atoms with Gasteiger partial charge in [0.25, 0.3) is 0 Å². The molecule has 0 fully saturated rings. The number of fused-ring (bicyclic) bond motifs is 1. The molecule has 0 spiro atoms. The van der Waals surface area contributed by atoms with Crippen molar-refractivity contribution in [1.29, 1.82) is 0 Å². The number of aromatic amines is 1. The number of aryl methyl sites for hydroxylation is 1. The maximum absolute atomic E-state index is 10.0. The highest BCUT2D eigenvalue weighted by atomic mass is 16.5. The maximum Gasteiger partial charge on any atom is 0.198 e. The molecule has 0 aliphatic rings. The second-order valence-corrected chi connectivity index (χ2v) is 5.57. The van der Waals surface area contributed by atoms with Gasteiger partial charge in [-0.2, -0.15) is 0 Å². The van der Waals surface area contributed by atoms with Crippen LogP contribution in [0.4, 0.5) is 0 Å². The SMILES string of the molecule is COc1ccc(CCN=Cc2c(O)[nH]c3ccc(C)cc23)cc1. The van der Waals surface area contributed by atoms with Crippen LogP contribution in [0.5, 0.6) is 11.6 Å². The van der Waals surface area contributed by atoms with Crippen LogP contribution in [0.3, 0.4) is 0 Å². The van der Waals surface area contributed by atoms with Gasteiger partial charge in [0.2, 0.25) is 0 Å². The van der Waals surface area contributed by atoms with E-state index in [4.69, 9.17) is 4.74 Å². The topological polar surface area (TPSA) is 57.6 Å². The van der Waals surface area contributed by atoms with Crippen molar-refractivity contribution in [3.63, 3.8) is 0 Å². The average molecular weight is 308 g/mol. The molecule has 2 aromatic carbocycles. The lowest BCUT2D eigenvalue weighted by Gasteiger charge is -2.01. The zero-order valence-electron chi connectivity index (χ0n) is 13.3. The number of methoxy groups -OCH3 is 1. The van der Waals surface area contributed by atoms with Gasteiger partial charge in [-0.05, 0) is 43.2 Å². The summed E-state index contributed by atoms with van der Waals surface area (Å²) in [6.45, 7) is 2.71. The lowest BCUT2D eigenvalue weighted by molar-refractivity contribution is 0.414. The first-order valence-electron chi connectivity index (χ1n) is 7.61. The minimum atomic E-state index is 0.166. The molecular formula is C19H20N2O2. The average Bonchev–Trinajstić information content (AvgIpc) is 2.87. The van der Waals surface area contributed by atoms with Gasteiger partial charge in [0.05, 0.1) is 12.7 Å². The molecule has 0 bridgehead atoms. The smallest absolute Gasteiger partial charge is 0.198 e. The van der Waals surface area contributed by atoms with Crippen LogP contribution in [0, 0.1) is 6.92 Å². The van der Waals surface area contributed by atoms with Gasteiger partial charge in [-0.25, -0.2) is 0 Å². The summed E-state index contributed by atoms with van der Waals surface area (Å²) in [5, 5.41) is 11.0. The number of nitrogens with zero attached hydrogens (tertiary/aromatic N) is 1. The minimum Gasteiger partial charge on any atom is -0.497 e. The number of aromatic nitrogens is 1. The number of aromatic hydroxyl groups is 1. The monoisotopic (exact) mass is 308 g/mol. The summed E-state index contributed by atoms with van der Waals surface area (Å²) in [6.07, 6.45) is 2.60. The zero-order valence-corrected chi connectivity index (χ0v) is 13.3. The number of aliphatic imine (C=N–C) groups is 1. The third-order valence-electron chi connectivity index (χ3n) is 3.88. The number of rotatable bonds is 5. The molecule has 3 aromatic rings. The Bertz CT molecular complexity index is 832. The highest BCUT2D eigenvalue weighted by molar-refractivity contribution is 6.02. The normalized spacial score (nSPS) is 11.4. The van der Waals surface area contributed by atoms with Crippen molar-refractivity contribution in [2.45, 2.75) is 13.3 Å². The number of H-pyrrole nitrogens is 1. The van der Waals surface area contributed by atoms with Crippen LogP contribution < -0.4 is 4.74 Å². The maximum atomic E-state index is 10.0. The standard InChI is InChI=1S/C19H20N2O2/c1-13-3-8-18-16(11-13)17(19(22)21-18)12-20-10-9-14-4-6-15(23-2)7-5-14/h3-8,11-12,21-22H,9-10H2,1-2H3. The van der Waals surface area contributed by atoms with Crippen LogP contribution in [0.25, 0.3) is 10.9 Å². The fraction of sp³-hybridized carbons (Fsp3) is 0.211. The predicted molar refractivity (Wildman–Crippen MR) is 93.9 cm³/mol. The molecule has 118 valence electrons. The fourth-order valence-corrected chi connectivity index (χ4v) is 2.58. The van der Waals surface area contributed by atoms with Crippen molar-refractivity contribution in [1.82, 2.24) is 4.98 Å². The molecule has 23 heavy (non-hydrogen) atoms. The lowest BCUT2D eigenvalue weighted by atomic mass is 10.1. The number of hydrogen-bond donors (Lipinski definition) is 2. The molecule has 0 saturated carbocycles. The number of nitrogens with one attached hydrogen (secondary N) is 1. The molecular weight excluding hydrogens is 288 g/mol. The van der Waals surface area contributed by atoms with E-state index in [-0.39, 0.29) is 5.88 Å². The Labute approximate surface area is 135 Å². The van der Waals surface area contributed by atoms with Crippen LogP contribution >= 0.6 is 0 Å². The van der Waals surface area contributed by atoms with Crippen molar-refractivity contribution < 1.29 is 9.84 Å². The van der Waals surface area contributed by atoms with Crippen molar-refractivity contribution in [2.24, 2.45) is 4.99 Å². The Hall–Kier alpha value is -2.75. The molecule has 4 heteroatoms. The molecule has 0 amide bonds. The summed E-state index contributed by atoms with van der Waals surface area (Å²) in [5.41, 5.74) is 4.04.